The molecule has 1 aromatic carbocycles. The summed E-state index contributed by atoms with van der Waals surface area (Å²) in [6.45, 7) is 3.53. The number of hydrogen-bond donors (Lipinski definition) is 1. The minimum Gasteiger partial charge on any atom is -0.338 e. The van der Waals surface area contributed by atoms with Crippen LogP contribution in [0.25, 0.3) is 0 Å². The van der Waals surface area contributed by atoms with Crippen molar-refractivity contribution in [3.8, 4) is 0 Å². The minimum atomic E-state index is -0.126. The van der Waals surface area contributed by atoms with E-state index in [2.05, 4.69) is 19.1 Å². The van der Waals surface area contributed by atoms with Crippen LogP contribution >= 0.6 is 0 Å². The lowest BCUT2D eigenvalue weighted by Gasteiger charge is -2.49. The second-order valence-corrected chi connectivity index (χ2v) is 5.37. The molecule has 3 nitrogen and oxygen atoms in total. The zero-order valence-corrected chi connectivity index (χ0v) is 10.1. The maximum atomic E-state index is 12.2. The van der Waals surface area contributed by atoms with E-state index in [-0.39, 0.29) is 17.4 Å². The van der Waals surface area contributed by atoms with E-state index in [0.29, 0.717) is 0 Å². The van der Waals surface area contributed by atoms with Gasteiger partial charge >= 0.3 is 0 Å². The van der Waals surface area contributed by atoms with Crippen LogP contribution < -0.4 is 5.73 Å². The van der Waals surface area contributed by atoms with Crippen molar-refractivity contribution in [1.29, 1.82) is 0 Å². The fourth-order valence-electron chi connectivity index (χ4n) is 2.79. The number of rotatable bonds is 2. The Hall–Kier alpha value is -1.35. The standard InChI is InChI=1S/C14H18N2O/c1-2-14(15)8-16(9-14)13(17)12-7-10-5-3-4-6-11(10)12/h3-6,12H,2,7-9,15H2,1H3. The first-order valence-electron chi connectivity index (χ1n) is 6.28. The topological polar surface area (TPSA) is 46.3 Å². The molecule has 1 aromatic rings. The molecule has 1 saturated heterocycles. The van der Waals surface area contributed by atoms with Crippen LogP contribution in [-0.4, -0.2) is 29.4 Å². The molecule has 17 heavy (non-hydrogen) atoms. The van der Waals surface area contributed by atoms with Crippen molar-refractivity contribution in [3.05, 3.63) is 35.4 Å². The molecule has 3 rings (SSSR count). The first-order valence-corrected chi connectivity index (χ1v) is 6.28. The second-order valence-electron chi connectivity index (χ2n) is 5.37. The Morgan fingerprint density at radius 3 is 2.82 bits per heavy atom. The summed E-state index contributed by atoms with van der Waals surface area (Å²) in [7, 11) is 0. The Kier molecular flexibility index (Phi) is 2.26. The van der Waals surface area contributed by atoms with Gasteiger partial charge in [0, 0.05) is 13.1 Å². The van der Waals surface area contributed by atoms with Gasteiger partial charge in [-0.15, -0.1) is 0 Å². The lowest BCUT2D eigenvalue weighted by Crippen LogP contribution is -2.69. The molecule has 2 aliphatic rings. The Labute approximate surface area is 102 Å². The van der Waals surface area contributed by atoms with Crippen LogP contribution in [0, 0.1) is 0 Å². The summed E-state index contributed by atoms with van der Waals surface area (Å²) >= 11 is 0. The van der Waals surface area contributed by atoms with Gasteiger partial charge in [0.15, 0.2) is 0 Å². The Bertz CT molecular complexity index is 463. The quantitative estimate of drug-likeness (QED) is 0.831. The van der Waals surface area contributed by atoms with Crippen LogP contribution in [0.2, 0.25) is 0 Å². The average Bonchev–Trinajstić information content (AvgIpc) is 2.26. The van der Waals surface area contributed by atoms with E-state index in [0.717, 1.165) is 25.9 Å². The largest absolute Gasteiger partial charge is 0.338 e. The van der Waals surface area contributed by atoms with Crippen LogP contribution in [0.15, 0.2) is 24.3 Å². The molecule has 0 aromatic heterocycles. The van der Waals surface area contributed by atoms with Crippen molar-refractivity contribution in [1.82, 2.24) is 4.90 Å². The summed E-state index contributed by atoms with van der Waals surface area (Å²) in [5.41, 5.74) is 8.50. The number of likely N-dealkylation sites (tertiary alicyclic amines) is 1. The molecule has 1 aliphatic carbocycles. The van der Waals surface area contributed by atoms with E-state index in [1.54, 1.807) is 0 Å². The molecule has 1 aliphatic heterocycles. The highest BCUT2D eigenvalue weighted by Gasteiger charge is 2.44. The highest BCUT2D eigenvalue weighted by atomic mass is 16.2. The SMILES string of the molecule is CCC1(N)CN(C(=O)C2Cc3ccccc32)C1. The molecule has 2 N–H and O–H groups in total. The molecule has 1 unspecified atom stereocenters. The molecule has 1 fully saturated rings. The fraction of sp³-hybridized carbons (Fsp3) is 0.500. The zero-order valence-electron chi connectivity index (χ0n) is 10.1. The highest BCUT2D eigenvalue weighted by molar-refractivity contribution is 5.87. The summed E-state index contributed by atoms with van der Waals surface area (Å²) in [4.78, 5) is 14.2. The van der Waals surface area contributed by atoms with Gasteiger partial charge in [-0.1, -0.05) is 31.2 Å². The number of carbonyl (C=O) groups excluding carboxylic acids is 1. The summed E-state index contributed by atoms with van der Waals surface area (Å²) in [6, 6.07) is 8.21. The molecule has 0 saturated carbocycles. The number of nitrogens with two attached hydrogens (primary N) is 1. The third kappa shape index (κ3) is 1.57. The summed E-state index contributed by atoms with van der Waals surface area (Å²) in [6.07, 6.45) is 1.84. The van der Waals surface area contributed by atoms with Gasteiger partial charge in [0.05, 0.1) is 11.5 Å². The van der Waals surface area contributed by atoms with Crippen molar-refractivity contribution in [2.45, 2.75) is 31.2 Å². The molecule has 3 heteroatoms. The van der Waals surface area contributed by atoms with E-state index in [9.17, 15) is 4.79 Å². The minimum absolute atomic E-state index is 0.0904. The summed E-state index contributed by atoms with van der Waals surface area (Å²) in [5, 5.41) is 0. The summed E-state index contributed by atoms with van der Waals surface area (Å²) < 4.78 is 0. The molecular weight excluding hydrogens is 212 g/mol. The Morgan fingerprint density at radius 1 is 1.47 bits per heavy atom. The van der Waals surface area contributed by atoms with Gasteiger partial charge in [0.2, 0.25) is 5.91 Å². The molecule has 90 valence electrons. The van der Waals surface area contributed by atoms with Crippen molar-refractivity contribution in [2.75, 3.05) is 13.1 Å². The third-order valence-electron chi connectivity index (χ3n) is 4.18. The number of benzene rings is 1. The molecule has 1 heterocycles. The van der Waals surface area contributed by atoms with Gasteiger partial charge in [0.25, 0.3) is 0 Å². The number of amides is 1. The monoisotopic (exact) mass is 230 g/mol. The lowest BCUT2D eigenvalue weighted by molar-refractivity contribution is -0.141. The lowest BCUT2D eigenvalue weighted by atomic mass is 9.75. The average molecular weight is 230 g/mol. The van der Waals surface area contributed by atoms with E-state index in [4.69, 9.17) is 5.73 Å². The van der Waals surface area contributed by atoms with Gasteiger partial charge < -0.3 is 10.6 Å². The Balaban J connectivity index is 1.67. The van der Waals surface area contributed by atoms with Gasteiger partial charge in [-0.25, -0.2) is 0 Å². The van der Waals surface area contributed by atoms with E-state index >= 15 is 0 Å². The molecule has 1 atom stereocenters. The predicted molar refractivity (Wildman–Crippen MR) is 66.7 cm³/mol. The van der Waals surface area contributed by atoms with Crippen molar-refractivity contribution < 1.29 is 4.79 Å². The molecular formula is C14H18N2O. The zero-order chi connectivity index (χ0) is 12.0. The number of carbonyl (C=O) groups is 1. The van der Waals surface area contributed by atoms with Gasteiger partial charge in [-0.3, -0.25) is 4.79 Å². The van der Waals surface area contributed by atoms with E-state index in [1.165, 1.54) is 11.1 Å². The van der Waals surface area contributed by atoms with Crippen LogP contribution in [0.4, 0.5) is 0 Å². The number of hydrogen-bond acceptors (Lipinski definition) is 2. The smallest absolute Gasteiger partial charge is 0.230 e. The van der Waals surface area contributed by atoms with Gasteiger partial charge in [-0.2, -0.15) is 0 Å². The van der Waals surface area contributed by atoms with Crippen LogP contribution in [0.1, 0.15) is 30.4 Å². The molecule has 0 bridgehead atoms. The third-order valence-corrected chi connectivity index (χ3v) is 4.18. The highest BCUT2D eigenvalue weighted by Crippen LogP contribution is 2.38. The van der Waals surface area contributed by atoms with E-state index < -0.39 is 0 Å². The normalized spacial score (nSPS) is 24.6. The maximum Gasteiger partial charge on any atom is 0.230 e. The predicted octanol–water partition coefficient (Wildman–Crippen LogP) is 1.28. The van der Waals surface area contributed by atoms with Crippen LogP contribution in [-0.2, 0) is 11.2 Å². The van der Waals surface area contributed by atoms with Crippen molar-refractivity contribution >= 4 is 5.91 Å². The first kappa shape index (κ1) is 10.8. The van der Waals surface area contributed by atoms with Crippen molar-refractivity contribution in [3.63, 3.8) is 0 Å². The molecule has 0 radical (unpaired) electrons. The summed E-state index contributed by atoms with van der Waals surface area (Å²) in [5.74, 6) is 0.353. The van der Waals surface area contributed by atoms with Crippen molar-refractivity contribution in [2.24, 2.45) is 5.73 Å². The van der Waals surface area contributed by atoms with Crippen LogP contribution in [0.5, 0.6) is 0 Å². The maximum absolute atomic E-state index is 12.2. The van der Waals surface area contributed by atoms with Gasteiger partial charge in [0.1, 0.15) is 0 Å². The Morgan fingerprint density at radius 2 is 2.18 bits per heavy atom. The second kappa shape index (κ2) is 3.57. The molecule has 1 amide bonds. The molecule has 0 spiro atoms. The first-order chi connectivity index (χ1) is 8.13. The number of nitrogens with zero attached hydrogens (tertiary/aromatic N) is 1. The van der Waals surface area contributed by atoms with Gasteiger partial charge in [-0.05, 0) is 24.0 Å². The number of fused-ring (bicyclic) bond motifs is 1. The fourth-order valence-corrected chi connectivity index (χ4v) is 2.79. The van der Waals surface area contributed by atoms with E-state index in [1.807, 2.05) is 17.0 Å². The van der Waals surface area contributed by atoms with Crippen LogP contribution in [0.3, 0.4) is 0 Å².